The van der Waals surface area contributed by atoms with Crippen molar-refractivity contribution in [3.63, 3.8) is 0 Å². The predicted molar refractivity (Wildman–Crippen MR) is 38.0 cm³/mol. The number of hydrogen-bond donors (Lipinski definition) is 0. The van der Waals surface area contributed by atoms with Crippen LogP contribution in [0.2, 0.25) is 0 Å². The molecule has 2 nitrogen and oxygen atoms in total. The van der Waals surface area contributed by atoms with Gasteiger partial charge in [0.05, 0.1) is 10.9 Å². The van der Waals surface area contributed by atoms with E-state index in [0.29, 0.717) is 0 Å². The molecule has 0 aliphatic rings. The molecule has 0 heterocycles. The van der Waals surface area contributed by atoms with Crippen molar-refractivity contribution in [3.8, 4) is 6.07 Å². The van der Waals surface area contributed by atoms with E-state index in [1.165, 1.54) is 19.1 Å². The summed E-state index contributed by atoms with van der Waals surface area (Å²) in [6, 6.07) is 1.73. The third-order valence-electron chi connectivity index (χ3n) is 0.656. The van der Waals surface area contributed by atoms with Crippen molar-refractivity contribution >= 4 is 22.9 Å². The molecule has 0 saturated heterocycles. The van der Waals surface area contributed by atoms with Gasteiger partial charge in [0, 0.05) is 6.08 Å². The maximum absolute atomic E-state index is 10.3. The minimum absolute atomic E-state index is 0.184. The molecule has 0 saturated carbocycles. The zero-order valence-corrected chi connectivity index (χ0v) is 5.73. The zero-order chi connectivity index (χ0) is 7.28. The van der Waals surface area contributed by atoms with Crippen LogP contribution in [0.15, 0.2) is 12.2 Å². The SMILES string of the molecule is CC(=O)C(=S)/C=C\C#N. The second-order valence-corrected chi connectivity index (χ2v) is 1.82. The Morgan fingerprint density at radius 3 is 2.67 bits per heavy atom. The van der Waals surface area contributed by atoms with Gasteiger partial charge in [0.25, 0.3) is 0 Å². The van der Waals surface area contributed by atoms with Crippen LogP contribution in [0.5, 0.6) is 0 Å². The highest BCUT2D eigenvalue weighted by Gasteiger charge is 1.94. The van der Waals surface area contributed by atoms with Crippen LogP contribution in [0, 0.1) is 11.3 Å². The molecule has 0 aromatic heterocycles. The molecule has 0 N–H and O–H groups in total. The Hall–Kier alpha value is -1.01. The van der Waals surface area contributed by atoms with Crippen molar-refractivity contribution in [1.82, 2.24) is 0 Å². The van der Waals surface area contributed by atoms with Crippen molar-refractivity contribution in [1.29, 1.82) is 5.26 Å². The topological polar surface area (TPSA) is 40.9 Å². The second kappa shape index (κ2) is 3.93. The number of carbonyl (C=O) groups excluding carboxylic acids is 1. The average Bonchev–Trinajstić information content (AvgIpc) is 1.82. The summed E-state index contributed by atoms with van der Waals surface area (Å²) in [5, 5.41) is 7.99. The molecule has 0 aliphatic carbocycles. The summed E-state index contributed by atoms with van der Waals surface area (Å²) in [6.45, 7) is 1.37. The fourth-order valence-corrected chi connectivity index (χ4v) is 0.298. The molecule has 0 aliphatic heterocycles. The number of ketones is 1. The highest BCUT2D eigenvalue weighted by Crippen LogP contribution is 1.82. The lowest BCUT2D eigenvalue weighted by molar-refractivity contribution is -0.110. The second-order valence-electron chi connectivity index (χ2n) is 1.38. The van der Waals surface area contributed by atoms with Crippen molar-refractivity contribution in [2.24, 2.45) is 0 Å². The summed E-state index contributed by atoms with van der Waals surface area (Å²) in [7, 11) is 0. The van der Waals surface area contributed by atoms with E-state index in [4.69, 9.17) is 5.26 Å². The Labute approximate surface area is 58.8 Å². The van der Waals surface area contributed by atoms with Gasteiger partial charge < -0.3 is 0 Å². The van der Waals surface area contributed by atoms with Crippen LogP contribution in [-0.2, 0) is 4.79 Å². The van der Waals surface area contributed by atoms with E-state index in [-0.39, 0.29) is 10.6 Å². The first-order chi connectivity index (χ1) is 4.18. The van der Waals surface area contributed by atoms with Crippen LogP contribution in [0.25, 0.3) is 0 Å². The smallest absolute Gasteiger partial charge is 0.170 e. The largest absolute Gasteiger partial charge is 0.294 e. The van der Waals surface area contributed by atoms with E-state index in [1.54, 1.807) is 6.07 Å². The number of hydrogen-bond acceptors (Lipinski definition) is 3. The first-order valence-corrected chi connectivity index (χ1v) is 2.70. The Kier molecular flexibility index (Phi) is 3.49. The van der Waals surface area contributed by atoms with Gasteiger partial charge in [-0.3, -0.25) is 4.79 Å². The van der Waals surface area contributed by atoms with E-state index in [2.05, 4.69) is 12.2 Å². The molecule has 46 valence electrons. The van der Waals surface area contributed by atoms with E-state index >= 15 is 0 Å². The van der Waals surface area contributed by atoms with Gasteiger partial charge in [-0.05, 0) is 13.0 Å². The molecule has 0 rings (SSSR count). The Balaban J connectivity index is 3.97. The average molecular weight is 139 g/mol. The molecule has 0 radical (unpaired) electrons. The lowest BCUT2D eigenvalue weighted by atomic mass is 10.3. The normalized spacial score (nSPS) is 8.89. The van der Waals surface area contributed by atoms with Crippen LogP contribution < -0.4 is 0 Å². The van der Waals surface area contributed by atoms with Crippen molar-refractivity contribution in [3.05, 3.63) is 12.2 Å². The summed E-state index contributed by atoms with van der Waals surface area (Å²) in [5.41, 5.74) is 0. The molecule has 0 spiro atoms. The number of rotatable bonds is 2. The first kappa shape index (κ1) is 7.99. The van der Waals surface area contributed by atoms with Crippen LogP contribution in [-0.4, -0.2) is 10.6 Å². The molecule has 0 aromatic rings. The number of thiocarbonyl (C=S) groups is 1. The monoisotopic (exact) mass is 139 g/mol. The number of nitriles is 1. The van der Waals surface area contributed by atoms with Gasteiger partial charge >= 0.3 is 0 Å². The number of nitrogens with zero attached hydrogens (tertiary/aromatic N) is 1. The van der Waals surface area contributed by atoms with Crippen LogP contribution in [0.4, 0.5) is 0 Å². The molecule has 0 fully saturated rings. The summed E-state index contributed by atoms with van der Waals surface area (Å²) in [6.07, 6.45) is 2.50. The van der Waals surface area contributed by atoms with E-state index in [9.17, 15) is 4.79 Å². The van der Waals surface area contributed by atoms with Gasteiger partial charge in [0.1, 0.15) is 0 Å². The maximum Gasteiger partial charge on any atom is 0.170 e. The minimum Gasteiger partial charge on any atom is -0.294 e. The summed E-state index contributed by atoms with van der Waals surface area (Å²) < 4.78 is 0. The number of Topliss-reactive ketones (excluding diaryl/α,β-unsaturated/α-hetero) is 1. The molecule has 9 heavy (non-hydrogen) atoms. The quantitative estimate of drug-likeness (QED) is 0.326. The highest BCUT2D eigenvalue weighted by molar-refractivity contribution is 7.82. The van der Waals surface area contributed by atoms with E-state index in [1.807, 2.05) is 0 Å². The lowest BCUT2D eigenvalue weighted by Gasteiger charge is -1.82. The van der Waals surface area contributed by atoms with Gasteiger partial charge in [-0.1, -0.05) is 12.2 Å². The summed E-state index contributed by atoms with van der Waals surface area (Å²) >= 11 is 4.56. The third kappa shape index (κ3) is 3.56. The molecule has 0 aromatic carbocycles. The van der Waals surface area contributed by atoms with Gasteiger partial charge in [-0.25, -0.2) is 0 Å². The Morgan fingerprint density at radius 1 is 1.78 bits per heavy atom. The van der Waals surface area contributed by atoms with E-state index in [0.717, 1.165) is 0 Å². The predicted octanol–water partition coefficient (Wildman–Crippen LogP) is 1.03. The van der Waals surface area contributed by atoms with Gasteiger partial charge in [-0.15, -0.1) is 0 Å². The first-order valence-electron chi connectivity index (χ1n) is 2.29. The minimum atomic E-state index is -0.184. The third-order valence-corrected chi connectivity index (χ3v) is 1.08. The van der Waals surface area contributed by atoms with Crippen LogP contribution in [0.1, 0.15) is 6.92 Å². The number of allylic oxidation sites excluding steroid dienone is 2. The van der Waals surface area contributed by atoms with Crippen molar-refractivity contribution in [2.45, 2.75) is 6.92 Å². The number of carbonyl (C=O) groups is 1. The Bertz CT molecular complexity index is 200. The van der Waals surface area contributed by atoms with Gasteiger partial charge in [0.2, 0.25) is 0 Å². The van der Waals surface area contributed by atoms with Crippen LogP contribution in [0.3, 0.4) is 0 Å². The fraction of sp³-hybridized carbons (Fsp3) is 0.167. The Morgan fingerprint density at radius 2 is 2.33 bits per heavy atom. The molecule has 0 unspecified atom stereocenters. The molecular weight excluding hydrogens is 134 g/mol. The summed E-state index contributed by atoms with van der Waals surface area (Å²) in [5.74, 6) is -0.184. The summed E-state index contributed by atoms with van der Waals surface area (Å²) in [4.78, 5) is 10.5. The standard InChI is InChI=1S/C6H5NOS/c1-5(8)6(9)3-2-4-7/h2-3H,1H3/b3-2-. The molecule has 0 amide bonds. The fourth-order valence-electron chi connectivity index (χ4n) is 0.230. The van der Waals surface area contributed by atoms with Gasteiger partial charge in [0.15, 0.2) is 5.78 Å². The zero-order valence-electron chi connectivity index (χ0n) is 4.92. The molecular formula is C6H5NOS. The lowest BCUT2D eigenvalue weighted by Crippen LogP contribution is -2.01. The van der Waals surface area contributed by atoms with E-state index < -0.39 is 0 Å². The molecule has 0 bridgehead atoms. The highest BCUT2D eigenvalue weighted by atomic mass is 32.1. The van der Waals surface area contributed by atoms with Crippen molar-refractivity contribution in [2.75, 3.05) is 0 Å². The van der Waals surface area contributed by atoms with Gasteiger partial charge in [-0.2, -0.15) is 5.26 Å². The van der Waals surface area contributed by atoms with Crippen LogP contribution >= 0.6 is 12.2 Å². The molecule has 0 atom stereocenters. The van der Waals surface area contributed by atoms with Crippen molar-refractivity contribution < 1.29 is 4.79 Å². The maximum atomic E-state index is 10.3. The molecule has 3 heteroatoms.